The van der Waals surface area contributed by atoms with Crippen molar-refractivity contribution in [3.63, 3.8) is 0 Å². The third-order valence-electron chi connectivity index (χ3n) is 3.91. The predicted molar refractivity (Wildman–Crippen MR) is 103 cm³/mol. The second kappa shape index (κ2) is 7.16. The van der Waals surface area contributed by atoms with Crippen molar-refractivity contribution in [1.29, 1.82) is 5.41 Å². The fourth-order valence-corrected chi connectivity index (χ4v) is 3.12. The molecule has 2 aliphatic rings. The zero-order chi connectivity index (χ0) is 18.8. The van der Waals surface area contributed by atoms with Crippen LogP contribution in [-0.4, -0.2) is 27.5 Å². The summed E-state index contributed by atoms with van der Waals surface area (Å²) in [5.41, 5.74) is 3.32. The Morgan fingerprint density at radius 2 is 1.89 bits per heavy atom. The first-order valence-corrected chi connectivity index (χ1v) is 8.88. The Morgan fingerprint density at radius 1 is 1.15 bits per heavy atom. The van der Waals surface area contributed by atoms with Gasteiger partial charge in [0.1, 0.15) is 18.2 Å². The van der Waals surface area contributed by atoms with Crippen LogP contribution in [0, 0.1) is 11.2 Å². The van der Waals surface area contributed by atoms with Crippen LogP contribution in [-0.2, 0) is 11.4 Å². The second-order valence-corrected chi connectivity index (χ2v) is 6.55. The molecule has 0 saturated carbocycles. The lowest BCUT2D eigenvalue weighted by molar-refractivity contribution is -0.114. The summed E-state index contributed by atoms with van der Waals surface area (Å²) in [6, 6.07) is 13.2. The van der Waals surface area contributed by atoms with E-state index in [1.807, 2.05) is 0 Å². The van der Waals surface area contributed by atoms with E-state index in [-0.39, 0.29) is 17.2 Å². The molecule has 6 nitrogen and oxygen atoms in total. The number of hydrogen-bond acceptors (Lipinski definition) is 5. The molecule has 2 aromatic carbocycles. The van der Waals surface area contributed by atoms with Crippen LogP contribution in [0.25, 0.3) is 6.08 Å². The van der Waals surface area contributed by atoms with E-state index in [0.29, 0.717) is 17.5 Å². The molecule has 2 aliphatic heterocycles. The quantitative estimate of drug-likeness (QED) is 0.821. The Balaban J connectivity index is 1.46. The largest absolute Gasteiger partial charge is 0.489 e. The monoisotopic (exact) mass is 380 g/mol. The third-order valence-corrected chi connectivity index (χ3v) is 4.58. The van der Waals surface area contributed by atoms with Crippen molar-refractivity contribution in [3.8, 4) is 5.75 Å². The summed E-state index contributed by atoms with van der Waals surface area (Å²) in [6.45, 7) is 0.325. The number of carbonyl (C=O) groups is 1. The van der Waals surface area contributed by atoms with Gasteiger partial charge >= 0.3 is 0 Å². The van der Waals surface area contributed by atoms with Crippen LogP contribution in [0.3, 0.4) is 0 Å². The van der Waals surface area contributed by atoms with Gasteiger partial charge in [-0.15, -0.1) is 0 Å². The number of amides is 1. The van der Waals surface area contributed by atoms with E-state index in [0.717, 1.165) is 11.1 Å². The van der Waals surface area contributed by atoms with Crippen molar-refractivity contribution in [2.75, 3.05) is 0 Å². The fourth-order valence-electron chi connectivity index (χ4n) is 2.51. The number of nitrogens with zero attached hydrogens (tertiary/aromatic N) is 3. The molecule has 0 atom stereocenters. The van der Waals surface area contributed by atoms with Gasteiger partial charge in [0, 0.05) is 0 Å². The number of fused-ring (bicyclic) bond motifs is 1. The summed E-state index contributed by atoms with van der Waals surface area (Å²) < 4.78 is 18.6. The molecule has 0 spiro atoms. The molecule has 0 aromatic heterocycles. The van der Waals surface area contributed by atoms with Crippen LogP contribution in [0.15, 0.2) is 64.2 Å². The van der Waals surface area contributed by atoms with Gasteiger partial charge in [-0.05, 0) is 53.2 Å². The molecule has 1 N–H and O–H groups in total. The second-order valence-electron chi connectivity index (χ2n) is 5.74. The Labute approximate surface area is 158 Å². The predicted octanol–water partition coefficient (Wildman–Crippen LogP) is 3.65. The van der Waals surface area contributed by atoms with E-state index in [1.54, 1.807) is 42.5 Å². The number of ether oxygens (including phenoxy) is 1. The number of thioether (sulfide) groups is 1. The molecule has 1 amide bonds. The molecule has 134 valence electrons. The summed E-state index contributed by atoms with van der Waals surface area (Å²) >= 11 is 1.21. The highest BCUT2D eigenvalue weighted by atomic mass is 32.2. The molecule has 2 heterocycles. The molecule has 0 fully saturated rings. The number of hydrogen-bond donors (Lipinski definition) is 1. The van der Waals surface area contributed by atoms with Crippen molar-refractivity contribution in [2.24, 2.45) is 10.1 Å². The molecule has 0 unspecified atom stereocenters. The van der Waals surface area contributed by atoms with E-state index >= 15 is 0 Å². The molecule has 0 radical (unpaired) electrons. The molecule has 0 bridgehead atoms. The molecule has 0 saturated heterocycles. The summed E-state index contributed by atoms with van der Waals surface area (Å²) in [6.07, 6.45) is 1.60. The number of halogens is 1. The maximum atomic E-state index is 12.9. The number of rotatable bonds is 4. The first-order valence-electron chi connectivity index (χ1n) is 8.00. The average Bonchev–Trinajstić information content (AvgIpc) is 3.14. The number of aliphatic imine (C=N–C) groups is 1. The van der Waals surface area contributed by atoms with E-state index in [9.17, 15) is 9.18 Å². The van der Waals surface area contributed by atoms with E-state index in [4.69, 9.17) is 10.1 Å². The maximum Gasteiger partial charge on any atom is 0.283 e. The molecule has 27 heavy (non-hydrogen) atoms. The Morgan fingerprint density at radius 3 is 2.63 bits per heavy atom. The van der Waals surface area contributed by atoms with Gasteiger partial charge in [0.25, 0.3) is 5.91 Å². The lowest BCUT2D eigenvalue weighted by Gasteiger charge is -2.20. The van der Waals surface area contributed by atoms with Crippen molar-refractivity contribution < 1.29 is 13.9 Å². The topological polar surface area (TPSA) is 78.1 Å². The molecular weight excluding hydrogens is 367 g/mol. The lowest BCUT2D eigenvalue weighted by Crippen LogP contribution is -2.35. The molecular formula is C19H13FN4O2S. The summed E-state index contributed by atoms with van der Waals surface area (Å²) in [5, 5.41) is 13.9. The summed E-state index contributed by atoms with van der Waals surface area (Å²) in [5.74, 6) is -0.0928. The fraction of sp³-hybridized carbons (Fsp3) is 0.0526. The van der Waals surface area contributed by atoms with Gasteiger partial charge in [-0.25, -0.2) is 4.39 Å². The SMILES string of the molecule is N=C1/C(=C\c2ccc(OCc3ccc(F)cc3)cc2)C(=O)N=C2SC=NN12. The highest BCUT2D eigenvalue weighted by molar-refractivity contribution is 8.25. The molecule has 0 aliphatic carbocycles. The minimum atomic E-state index is -0.458. The highest BCUT2D eigenvalue weighted by Crippen LogP contribution is 2.25. The molecule has 8 heteroatoms. The number of nitrogens with one attached hydrogen (secondary N) is 1. The molecule has 2 aromatic rings. The van der Waals surface area contributed by atoms with Crippen LogP contribution in [0.1, 0.15) is 11.1 Å². The van der Waals surface area contributed by atoms with Gasteiger partial charge in [0.2, 0.25) is 0 Å². The Hall–Kier alpha value is -3.26. The third kappa shape index (κ3) is 3.65. The average molecular weight is 380 g/mol. The number of carbonyl (C=O) groups excluding carboxylic acids is 1. The molecule has 4 rings (SSSR count). The van der Waals surface area contributed by atoms with E-state index in [2.05, 4.69) is 10.1 Å². The van der Waals surface area contributed by atoms with Gasteiger partial charge in [-0.2, -0.15) is 15.1 Å². The Kier molecular flexibility index (Phi) is 4.55. The lowest BCUT2D eigenvalue weighted by atomic mass is 10.1. The van der Waals surface area contributed by atoms with E-state index < -0.39 is 5.91 Å². The van der Waals surface area contributed by atoms with Crippen LogP contribution < -0.4 is 4.74 Å². The summed E-state index contributed by atoms with van der Waals surface area (Å²) in [7, 11) is 0. The summed E-state index contributed by atoms with van der Waals surface area (Å²) in [4.78, 5) is 16.1. The minimum absolute atomic E-state index is 0.00267. The van der Waals surface area contributed by atoms with Crippen molar-refractivity contribution in [1.82, 2.24) is 5.01 Å². The minimum Gasteiger partial charge on any atom is -0.489 e. The first-order chi connectivity index (χ1) is 13.1. The smallest absolute Gasteiger partial charge is 0.283 e. The van der Waals surface area contributed by atoms with Crippen LogP contribution in [0.2, 0.25) is 0 Å². The van der Waals surface area contributed by atoms with Crippen LogP contribution >= 0.6 is 11.8 Å². The van der Waals surface area contributed by atoms with Gasteiger partial charge in [-0.1, -0.05) is 24.3 Å². The van der Waals surface area contributed by atoms with Gasteiger partial charge < -0.3 is 4.74 Å². The van der Waals surface area contributed by atoms with Crippen molar-refractivity contribution in [2.45, 2.75) is 6.61 Å². The van der Waals surface area contributed by atoms with Crippen LogP contribution in [0.5, 0.6) is 5.75 Å². The van der Waals surface area contributed by atoms with Gasteiger partial charge in [0.05, 0.1) is 11.1 Å². The first kappa shape index (κ1) is 17.2. The van der Waals surface area contributed by atoms with Crippen LogP contribution in [0.4, 0.5) is 4.39 Å². The zero-order valence-electron chi connectivity index (χ0n) is 13.9. The Bertz CT molecular complexity index is 997. The van der Waals surface area contributed by atoms with Gasteiger partial charge in [0.15, 0.2) is 11.0 Å². The number of amidine groups is 2. The normalized spacial score (nSPS) is 17.3. The highest BCUT2D eigenvalue weighted by Gasteiger charge is 2.32. The number of benzene rings is 2. The van der Waals surface area contributed by atoms with E-state index in [1.165, 1.54) is 34.5 Å². The van der Waals surface area contributed by atoms with Gasteiger partial charge in [-0.3, -0.25) is 10.2 Å². The zero-order valence-corrected chi connectivity index (χ0v) is 14.7. The standard InChI is InChI=1S/C19H13FN4O2S/c20-14-5-1-13(2-6-14)10-26-15-7-3-12(4-8-15)9-16-17(21)24-19(23-18(16)25)27-11-22-24/h1-9,11,21H,10H2/b16-9+,21-17?. The van der Waals surface area contributed by atoms with Crippen molar-refractivity contribution >= 4 is 40.3 Å². The van der Waals surface area contributed by atoms with Crippen molar-refractivity contribution in [3.05, 3.63) is 71.0 Å². The maximum absolute atomic E-state index is 12.9. The number of hydrazone groups is 1.